The number of halogens is 2. The predicted octanol–water partition coefficient (Wildman–Crippen LogP) is 4.11. The van der Waals surface area contributed by atoms with E-state index in [1.54, 1.807) is 18.2 Å². The average Bonchev–Trinajstić information content (AvgIpc) is 2.48. The standard InChI is InChI=1S/C16H17Cl2N3O/c1-21(2)13-6-4-12(5-7-13)19-10-16(22)20-15-8-3-11(17)9-14(15)18/h3-9,19H,10H2,1-2H3,(H,20,22). The van der Waals surface area contributed by atoms with E-state index in [4.69, 9.17) is 23.2 Å². The number of carbonyl (C=O) groups is 1. The summed E-state index contributed by atoms with van der Waals surface area (Å²) in [5.74, 6) is -0.180. The second kappa shape index (κ2) is 7.38. The van der Waals surface area contributed by atoms with Gasteiger partial charge in [-0.05, 0) is 42.5 Å². The van der Waals surface area contributed by atoms with Gasteiger partial charge in [-0.3, -0.25) is 4.79 Å². The molecule has 0 fully saturated rings. The molecule has 0 radical (unpaired) electrons. The van der Waals surface area contributed by atoms with Gasteiger partial charge in [-0.25, -0.2) is 0 Å². The van der Waals surface area contributed by atoms with Crippen LogP contribution in [0.5, 0.6) is 0 Å². The molecule has 0 heterocycles. The van der Waals surface area contributed by atoms with Gasteiger partial charge >= 0.3 is 0 Å². The lowest BCUT2D eigenvalue weighted by Crippen LogP contribution is -2.21. The zero-order valence-electron chi connectivity index (χ0n) is 12.4. The lowest BCUT2D eigenvalue weighted by molar-refractivity contribution is -0.114. The van der Waals surface area contributed by atoms with Gasteiger partial charge in [0.2, 0.25) is 5.91 Å². The molecular formula is C16H17Cl2N3O. The minimum absolute atomic E-state index is 0.153. The van der Waals surface area contributed by atoms with Crippen molar-refractivity contribution in [1.82, 2.24) is 0 Å². The largest absolute Gasteiger partial charge is 0.378 e. The molecule has 116 valence electrons. The summed E-state index contributed by atoms with van der Waals surface area (Å²) in [7, 11) is 3.96. The molecule has 2 aromatic rings. The summed E-state index contributed by atoms with van der Waals surface area (Å²) in [5.41, 5.74) is 2.52. The van der Waals surface area contributed by atoms with Gasteiger partial charge in [-0.15, -0.1) is 0 Å². The normalized spacial score (nSPS) is 10.2. The van der Waals surface area contributed by atoms with Crippen molar-refractivity contribution in [3.8, 4) is 0 Å². The molecule has 0 saturated carbocycles. The molecule has 2 N–H and O–H groups in total. The fraction of sp³-hybridized carbons (Fsp3) is 0.188. The van der Waals surface area contributed by atoms with Crippen molar-refractivity contribution in [3.05, 3.63) is 52.5 Å². The van der Waals surface area contributed by atoms with E-state index in [0.29, 0.717) is 15.7 Å². The minimum Gasteiger partial charge on any atom is -0.378 e. The summed E-state index contributed by atoms with van der Waals surface area (Å²) in [6.07, 6.45) is 0. The molecule has 0 spiro atoms. The minimum atomic E-state index is -0.180. The molecule has 22 heavy (non-hydrogen) atoms. The number of amides is 1. The Morgan fingerprint density at radius 3 is 2.36 bits per heavy atom. The van der Waals surface area contributed by atoms with E-state index in [9.17, 15) is 4.79 Å². The molecule has 0 saturated heterocycles. The molecule has 1 amide bonds. The second-order valence-electron chi connectivity index (χ2n) is 4.97. The number of benzene rings is 2. The Balaban J connectivity index is 1.89. The van der Waals surface area contributed by atoms with Crippen LogP contribution in [-0.4, -0.2) is 26.5 Å². The Bertz CT molecular complexity index is 657. The highest BCUT2D eigenvalue weighted by Crippen LogP contribution is 2.25. The topological polar surface area (TPSA) is 44.4 Å². The zero-order valence-corrected chi connectivity index (χ0v) is 13.9. The summed E-state index contributed by atoms with van der Waals surface area (Å²) >= 11 is 11.8. The highest BCUT2D eigenvalue weighted by atomic mass is 35.5. The molecule has 0 aliphatic carbocycles. The van der Waals surface area contributed by atoms with Crippen molar-refractivity contribution in [2.75, 3.05) is 36.2 Å². The van der Waals surface area contributed by atoms with E-state index < -0.39 is 0 Å². The molecule has 0 aliphatic heterocycles. The van der Waals surface area contributed by atoms with E-state index in [1.165, 1.54) is 0 Å². The third-order valence-electron chi connectivity index (χ3n) is 3.04. The van der Waals surface area contributed by atoms with Crippen LogP contribution >= 0.6 is 23.2 Å². The monoisotopic (exact) mass is 337 g/mol. The second-order valence-corrected chi connectivity index (χ2v) is 5.81. The molecule has 4 nitrogen and oxygen atoms in total. The number of rotatable bonds is 5. The number of hydrogen-bond acceptors (Lipinski definition) is 3. The highest BCUT2D eigenvalue weighted by Gasteiger charge is 2.06. The Morgan fingerprint density at radius 2 is 1.77 bits per heavy atom. The maximum absolute atomic E-state index is 11.9. The third-order valence-corrected chi connectivity index (χ3v) is 3.59. The summed E-state index contributed by atoms with van der Waals surface area (Å²) in [6, 6.07) is 12.8. The molecule has 2 rings (SSSR count). The quantitative estimate of drug-likeness (QED) is 0.862. The average molecular weight is 338 g/mol. The van der Waals surface area contributed by atoms with Crippen molar-refractivity contribution in [3.63, 3.8) is 0 Å². The van der Waals surface area contributed by atoms with Gasteiger partial charge in [0.25, 0.3) is 0 Å². The fourth-order valence-corrected chi connectivity index (χ4v) is 2.30. The van der Waals surface area contributed by atoms with Crippen molar-refractivity contribution in [1.29, 1.82) is 0 Å². The molecule has 6 heteroatoms. The van der Waals surface area contributed by atoms with Crippen molar-refractivity contribution in [2.45, 2.75) is 0 Å². The fourth-order valence-electron chi connectivity index (χ4n) is 1.85. The van der Waals surface area contributed by atoms with Crippen LogP contribution in [-0.2, 0) is 4.79 Å². The van der Waals surface area contributed by atoms with Crippen LogP contribution in [0.15, 0.2) is 42.5 Å². The Hall–Kier alpha value is -1.91. The van der Waals surface area contributed by atoms with E-state index in [2.05, 4.69) is 10.6 Å². The molecule has 0 aliphatic rings. The maximum Gasteiger partial charge on any atom is 0.243 e. The first-order chi connectivity index (χ1) is 10.5. The van der Waals surface area contributed by atoms with E-state index in [-0.39, 0.29) is 12.5 Å². The predicted molar refractivity (Wildman–Crippen MR) is 94.4 cm³/mol. The van der Waals surface area contributed by atoms with E-state index in [0.717, 1.165) is 11.4 Å². The summed E-state index contributed by atoms with van der Waals surface area (Å²) in [6.45, 7) is 0.153. The van der Waals surface area contributed by atoms with E-state index >= 15 is 0 Å². The zero-order chi connectivity index (χ0) is 16.1. The maximum atomic E-state index is 11.9. The highest BCUT2D eigenvalue weighted by molar-refractivity contribution is 6.36. The number of anilines is 3. The lowest BCUT2D eigenvalue weighted by Gasteiger charge is -2.13. The van der Waals surface area contributed by atoms with Crippen molar-refractivity contribution in [2.24, 2.45) is 0 Å². The molecule has 0 atom stereocenters. The number of carbonyl (C=O) groups excluding carboxylic acids is 1. The summed E-state index contributed by atoms with van der Waals surface area (Å²) in [5, 5.41) is 6.74. The molecule has 2 aromatic carbocycles. The summed E-state index contributed by atoms with van der Waals surface area (Å²) in [4.78, 5) is 13.9. The first-order valence-electron chi connectivity index (χ1n) is 6.72. The van der Waals surface area contributed by atoms with Crippen molar-refractivity contribution < 1.29 is 4.79 Å². The molecular weight excluding hydrogens is 321 g/mol. The Morgan fingerprint density at radius 1 is 1.09 bits per heavy atom. The van der Waals surface area contributed by atoms with Crippen LogP contribution in [0.25, 0.3) is 0 Å². The number of nitrogens with zero attached hydrogens (tertiary/aromatic N) is 1. The Labute approximate surface area is 140 Å². The third kappa shape index (κ3) is 4.55. The van der Waals surface area contributed by atoms with Gasteiger partial charge in [0.05, 0.1) is 17.3 Å². The van der Waals surface area contributed by atoms with Crippen LogP contribution in [0.2, 0.25) is 10.0 Å². The number of nitrogens with one attached hydrogen (secondary N) is 2. The van der Waals surface area contributed by atoms with Crippen LogP contribution in [0.1, 0.15) is 0 Å². The van der Waals surface area contributed by atoms with Crippen LogP contribution in [0.4, 0.5) is 17.1 Å². The summed E-state index contributed by atoms with van der Waals surface area (Å²) < 4.78 is 0. The first-order valence-corrected chi connectivity index (χ1v) is 7.47. The Kier molecular flexibility index (Phi) is 5.52. The van der Waals surface area contributed by atoms with Gasteiger partial charge in [0, 0.05) is 30.5 Å². The number of hydrogen-bond donors (Lipinski definition) is 2. The van der Waals surface area contributed by atoms with Gasteiger partial charge in [-0.2, -0.15) is 0 Å². The molecule has 0 aromatic heterocycles. The van der Waals surface area contributed by atoms with Crippen LogP contribution in [0.3, 0.4) is 0 Å². The lowest BCUT2D eigenvalue weighted by atomic mass is 10.2. The van der Waals surface area contributed by atoms with Gasteiger partial charge < -0.3 is 15.5 Å². The van der Waals surface area contributed by atoms with Crippen molar-refractivity contribution >= 4 is 46.2 Å². The van der Waals surface area contributed by atoms with E-state index in [1.807, 2.05) is 43.3 Å². The smallest absolute Gasteiger partial charge is 0.243 e. The van der Waals surface area contributed by atoms with Crippen LogP contribution < -0.4 is 15.5 Å². The SMILES string of the molecule is CN(C)c1ccc(NCC(=O)Nc2ccc(Cl)cc2Cl)cc1. The van der Waals surface area contributed by atoms with Gasteiger partial charge in [-0.1, -0.05) is 23.2 Å². The van der Waals surface area contributed by atoms with Gasteiger partial charge in [0.15, 0.2) is 0 Å². The molecule has 0 unspecified atom stereocenters. The first kappa shape index (κ1) is 16.5. The van der Waals surface area contributed by atoms with Gasteiger partial charge in [0.1, 0.15) is 0 Å². The molecule has 0 bridgehead atoms. The van der Waals surface area contributed by atoms with Crippen LogP contribution in [0, 0.1) is 0 Å².